The van der Waals surface area contributed by atoms with Gasteiger partial charge in [-0.25, -0.2) is 0 Å². The molecular formula is C19H17N5O4. The van der Waals surface area contributed by atoms with Crippen molar-refractivity contribution in [1.82, 2.24) is 0 Å². The third-order valence-corrected chi connectivity index (χ3v) is 5.65. The minimum absolute atomic E-state index is 0.135. The van der Waals surface area contributed by atoms with Crippen molar-refractivity contribution >= 4 is 17.4 Å². The molecule has 0 spiro atoms. The van der Waals surface area contributed by atoms with Crippen molar-refractivity contribution in [3.63, 3.8) is 0 Å². The van der Waals surface area contributed by atoms with Crippen molar-refractivity contribution in [2.24, 2.45) is 17.3 Å². The fraction of sp³-hybridized carbons (Fsp3) is 0.368. The maximum absolute atomic E-state index is 11.8. The molecular weight excluding hydrogens is 362 g/mol. The summed E-state index contributed by atoms with van der Waals surface area (Å²) in [6.07, 6.45) is 1.75. The predicted octanol–water partition coefficient (Wildman–Crippen LogP) is -0.818. The number of fused-ring (bicyclic) bond motifs is 1. The minimum Gasteiger partial charge on any atom is -0.549 e. The molecule has 2 aliphatic rings. The van der Waals surface area contributed by atoms with E-state index in [4.69, 9.17) is 5.41 Å². The molecule has 0 bridgehead atoms. The molecule has 9 heteroatoms. The Morgan fingerprint density at radius 1 is 1.32 bits per heavy atom. The second-order valence-electron chi connectivity index (χ2n) is 7.20. The molecule has 142 valence electrons. The number of nitriles is 2. The van der Waals surface area contributed by atoms with Crippen LogP contribution in [0.15, 0.2) is 35.9 Å². The molecule has 0 radical (unpaired) electrons. The summed E-state index contributed by atoms with van der Waals surface area (Å²) in [6, 6.07) is 9.29. The van der Waals surface area contributed by atoms with Gasteiger partial charge in [-0.2, -0.15) is 10.5 Å². The van der Waals surface area contributed by atoms with Crippen molar-refractivity contribution < 1.29 is 19.7 Å². The van der Waals surface area contributed by atoms with E-state index in [0.29, 0.717) is 24.2 Å². The van der Waals surface area contributed by atoms with Crippen LogP contribution in [0.4, 0.5) is 5.69 Å². The van der Waals surface area contributed by atoms with E-state index in [1.165, 1.54) is 24.3 Å². The van der Waals surface area contributed by atoms with Crippen LogP contribution in [0, 0.1) is 55.4 Å². The number of benzene rings is 1. The van der Waals surface area contributed by atoms with Gasteiger partial charge in [-0.15, -0.1) is 0 Å². The Kier molecular flexibility index (Phi) is 4.72. The van der Waals surface area contributed by atoms with Gasteiger partial charge in [0.2, 0.25) is 0 Å². The van der Waals surface area contributed by atoms with Gasteiger partial charge in [0, 0.05) is 24.0 Å². The molecule has 0 saturated heterocycles. The van der Waals surface area contributed by atoms with Gasteiger partial charge in [0.25, 0.3) is 5.69 Å². The lowest BCUT2D eigenvalue weighted by atomic mass is 9.54. The summed E-state index contributed by atoms with van der Waals surface area (Å²) < 4.78 is 0. The zero-order valence-corrected chi connectivity index (χ0v) is 15.0. The van der Waals surface area contributed by atoms with Crippen LogP contribution < -0.4 is 10.0 Å². The largest absolute Gasteiger partial charge is 0.549 e. The van der Waals surface area contributed by atoms with E-state index < -0.39 is 39.8 Å². The van der Waals surface area contributed by atoms with Crippen molar-refractivity contribution in [3.8, 4) is 12.1 Å². The quantitative estimate of drug-likeness (QED) is 0.396. The van der Waals surface area contributed by atoms with Crippen molar-refractivity contribution in [2.75, 3.05) is 20.1 Å². The van der Waals surface area contributed by atoms with Gasteiger partial charge in [0.1, 0.15) is 0 Å². The highest BCUT2D eigenvalue weighted by atomic mass is 16.6. The van der Waals surface area contributed by atoms with Gasteiger partial charge in [0.05, 0.1) is 54.8 Å². The lowest BCUT2D eigenvalue weighted by Crippen LogP contribution is -3.10. The lowest BCUT2D eigenvalue weighted by molar-refractivity contribution is -0.878. The zero-order chi connectivity index (χ0) is 20.6. The molecule has 28 heavy (non-hydrogen) atoms. The highest BCUT2D eigenvalue weighted by molar-refractivity contribution is 6.09. The first kappa shape index (κ1) is 19.2. The third kappa shape index (κ3) is 2.73. The number of nitro benzene ring substituents is 1. The number of carboxylic acid groups (broad SMARTS) is 1. The molecule has 1 heterocycles. The van der Waals surface area contributed by atoms with E-state index in [1.54, 1.807) is 6.08 Å². The second-order valence-corrected chi connectivity index (χ2v) is 7.20. The lowest BCUT2D eigenvalue weighted by Gasteiger charge is -2.47. The average Bonchev–Trinajstić information content (AvgIpc) is 2.67. The SMILES string of the molecule is C[NH+]1CC=C2C(C(=O)[O-])C(=N)C(C#N)(C#N)[C@@H](c3ccc([N+](=O)[O-])cc3)[C@H]2C1. The first-order chi connectivity index (χ1) is 13.3. The van der Waals surface area contributed by atoms with Crippen LogP contribution in [0.2, 0.25) is 0 Å². The molecule has 0 aromatic heterocycles. The molecule has 1 aromatic carbocycles. The van der Waals surface area contributed by atoms with E-state index in [9.17, 15) is 30.5 Å². The van der Waals surface area contributed by atoms with E-state index in [-0.39, 0.29) is 5.69 Å². The van der Waals surface area contributed by atoms with Crippen LogP contribution >= 0.6 is 0 Å². The van der Waals surface area contributed by atoms with Crippen LogP contribution in [0.3, 0.4) is 0 Å². The number of carbonyl (C=O) groups is 1. The number of carboxylic acids is 1. The molecule has 9 nitrogen and oxygen atoms in total. The van der Waals surface area contributed by atoms with Crippen molar-refractivity contribution in [2.45, 2.75) is 5.92 Å². The van der Waals surface area contributed by atoms with Crippen LogP contribution in [0.25, 0.3) is 0 Å². The number of hydrogen-bond acceptors (Lipinski definition) is 7. The van der Waals surface area contributed by atoms with Gasteiger partial charge < -0.3 is 20.2 Å². The molecule has 1 aliphatic carbocycles. The van der Waals surface area contributed by atoms with E-state index >= 15 is 0 Å². The molecule has 3 rings (SSSR count). The minimum atomic E-state index is -2.00. The predicted molar refractivity (Wildman–Crippen MR) is 93.9 cm³/mol. The monoisotopic (exact) mass is 379 g/mol. The van der Waals surface area contributed by atoms with E-state index in [1.807, 2.05) is 19.2 Å². The van der Waals surface area contributed by atoms with E-state index in [2.05, 4.69) is 0 Å². The summed E-state index contributed by atoms with van der Waals surface area (Å²) >= 11 is 0. The van der Waals surface area contributed by atoms with E-state index in [0.717, 1.165) is 4.90 Å². The molecule has 2 unspecified atom stereocenters. The molecule has 1 fully saturated rings. The topological polar surface area (TPSA) is 159 Å². The Hall–Kier alpha value is -3.56. The summed E-state index contributed by atoms with van der Waals surface area (Å²) in [6.45, 7) is 1.03. The van der Waals surface area contributed by atoms with Crippen LogP contribution in [-0.4, -0.2) is 36.7 Å². The molecule has 1 aromatic rings. The average molecular weight is 379 g/mol. The number of nitrogens with zero attached hydrogens (tertiary/aromatic N) is 3. The fourth-order valence-corrected chi connectivity index (χ4v) is 4.35. The van der Waals surface area contributed by atoms with Crippen LogP contribution in [0.1, 0.15) is 11.5 Å². The Morgan fingerprint density at radius 3 is 2.43 bits per heavy atom. The maximum Gasteiger partial charge on any atom is 0.269 e. The first-order valence-electron chi connectivity index (χ1n) is 8.64. The number of non-ortho nitro benzene ring substituents is 1. The Bertz CT molecular complexity index is 956. The standard InChI is InChI=1S/C19H17N5O4/c1-23-7-6-13-14(8-23)16(11-2-4-12(5-3-11)24(27)28)19(9-20,10-21)17(22)15(13)18(25)26/h2-6,14-16,22H,7-8H2,1H3,(H,25,26)/t14-,15?,16-/m0/s1. The Balaban J connectivity index is 2.24. The van der Waals surface area contributed by atoms with Gasteiger partial charge >= 0.3 is 0 Å². The van der Waals surface area contributed by atoms with Crippen molar-refractivity contribution in [3.05, 3.63) is 51.6 Å². The van der Waals surface area contributed by atoms with Gasteiger partial charge in [0.15, 0.2) is 5.41 Å². The summed E-state index contributed by atoms with van der Waals surface area (Å²) in [5, 5.41) is 50.9. The molecule has 2 N–H and O–H groups in total. The maximum atomic E-state index is 11.8. The normalized spacial score (nSPS) is 28.2. The van der Waals surface area contributed by atoms with Gasteiger partial charge in [-0.05, 0) is 17.2 Å². The smallest absolute Gasteiger partial charge is 0.269 e. The number of quaternary nitrogens is 1. The van der Waals surface area contributed by atoms with Gasteiger partial charge in [-0.1, -0.05) is 12.1 Å². The van der Waals surface area contributed by atoms with Crippen LogP contribution in [-0.2, 0) is 4.79 Å². The van der Waals surface area contributed by atoms with Crippen LogP contribution in [0.5, 0.6) is 0 Å². The first-order valence-corrected chi connectivity index (χ1v) is 8.64. The van der Waals surface area contributed by atoms with Gasteiger partial charge in [-0.3, -0.25) is 10.1 Å². The summed E-state index contributed by atoms with van der Waals surface area (Å²) in [4.78, 5) is 23.3. The third-order valence-electron chi connectivity index (χ3n) is 5.65. The molecule has 4 atom stereocenters. The summed E-state index contributed by atoms with van der Waals surface area (Å²) in [5.74, 6) is -4.22. The fourth-order valence-electron chi connectivity index (χ4n) is 4.35. The number of rotatable bonds is 3. The summed E-state index contributed by atoms with van der Waals surface area (Å²) in [5.41, 5.74) is -1.69. The number of hydrogen-bond donors (Lipinski definition) is 2. The summed E-state index contributed by atoms with van der Waals surface area (Å²) in [7, 11) is 1.91. The molecule has 1 saturated carbocycles. The zero-order valence-electron chi connectivity index (χ0n) is 15.0. The number of aliphatic carboxylic acids is 1. The number of likely N-dealkylation sites (N-methyl/N-ethyl adjacent to an activating group) is 1. The number of carbonyl (C=O) groups excluding carboxylic acids is 1. The molecule has 0 amide bonds. The highest BCUT2D eigenvalue weighted by Gasteiger charge is 2.58. The highest BCUT2D eigenvalue weighted by Crippen LogP contribution is 2.52. The number of nitro groups is 1. The number of nitrogens with one attached hydrogen (secondary N) is 2. The Labute approximate surface area is 160 Å². The van der Waals surface area contributed by atoms with Crippen molar-refractivity contribution in [1.29, 1.82) is 15.9 Å². The second kappa shape index (κ2) is 6.87. The molecule has 1 aliphatic heterocycles. The Morgan fingerprint density at radius 2 is 1.93 bits per heavy atom.